The predicted molar refractivity (Wildman–Crippen MR) is 110 cm³/mol. The Morgan fingerprint density at radius 2 is 1.61 bits per heavy atom. The van der Waals surface area contributed by atoms with Gasteiger partial charge in [0.2, 0.25) is 5.91 Å². The van der Waals surface area contributed by atoms with Crippen LogP contribution in [0.1, 0.15) is 21.5 Å². The quantitative estimate of drug-likeness (QED) is 0.553. The lowest BCUT2D eigenvalue weighted by molar-refractivity contribution is -0.116. The molecule has 0 atom stereocenters. The molecule has 0 aliphatic carbocycles. The fourth-order valence-electron chi connectivity index (χ4n) is 3.28. The minimum absolute atomic E-state index is 0.0117. The first-order valence-corrected chi connectivity index (χ1v) is 10.5. The second-order valence-corrected chi connectivity index (χ2v) is 8.09. The monoisotopic (exact) mass is 479 g/mol. The van der Waals surface area contributed by atoms with Crippen LogP contribution in [0.3, 0.4) is 0 Å². The van der Waals surface area contributed by atoms with Crippen molar-refractivity contribution in [3.63, 3.8) is 0 Å². The van der Waals surface area contributed by atoms with Crippen LogP contribution >= 0.6 is 11.8 Å². The molecule has 1 N–H and O–H groups in total. The molecule has 0 saturated carbocycles. The summed E-state index contributed by atoms with van der Waals surface area (Å²) in [5.74, 6) is -6.02. The first-order chi connectivity index (χ1) is 15.7. The maximum atomic E-state index is 13.8. The highest BCUT2D eigenvalue weighted by atomic mass is 32.2. The van der Waals surface area contributed by atoms with E-state index in [4.69, 9.17) is 0 Å². The number of anilines is 1. The zero-order valence-electron chi connectivity index (χ0n) is 16.7. The zero-order chi connectivity index (χ0) is 23.7. The summed E-state index contributed by atoms with van der Waals surface area (Å²) in [4.78, 5) is 30.5. The van der Waals surface area contributed by atoms with Gasteiger partial charge in [0.15, 0.2) is 0 Å². The van der Waals surface area contributed by atoms with Crippen LogP contribution in [-0.4, -0.2) is 22.6 Å². The Hall–Kier alpha value is -3.47. The van der Waals surface area contributed by atoms with Crippen LogP contribution in [0.2, 0.25) is 0 Å². The number of rotatable bonds is 5. The molecule has 2 heterocycles. The molecule has 2 amide bonds. The van der Waals surface area contributed by atoms with E-state index in [0.717, 1.165) is 23.9 Å². The van der Waals surface area contributed by atoms with Crippen molar-refractivity contribution in [3.05, 3.63) is 88.4 Å². The topological polar surface area (TPSA) is 62.3 Å². The van der Waals surface area contributed by atoms with Crippen LogP contribution in [0.15, 0.2) is 47.6 Å². The third-order valence-corrected chi connectivity index (χ3v) is 5.79. The van der Waals surface area contributed by atoms with E-state index in [0.29, 0.717) is 23.2 Å². The predicted octanol–water partition coefficient (Wildman–Crippen LogP) is 4.35. The fraction of sp³-hybridized carbons (Fsp3) is 0.136. The maximum absolute atomic E-state index is 13.8. The van der Waals surface area contributed by atoms with Crippen LogP contribution in [0.5, 0.6) is 0 Å². The molecule has 2 aromatic carbocycles. The van der Waals surface area contributed by atoms with Gasteiger partial charge in [0.25, 0.3) is 5.91 Å². The molecule has 1 aliphatic rings. The van der Waals surface area contributed by atoms with E-state index in [2.05, 4.69) is 10.3 Å². The molecule has 4 rings (SSSR count). The number of fused-ring (bicyclic) bond motifs is 1. The van der Waals surface area contributed by atoms with Gasteiger partial charge < -0.3 is 10.2 Å². The third kappa shape index (κ3) is 4.98. The van der Waals surface area contributed by atoms with E-state index in [1.165, 1.54) is 17.2 Å². The Morgan fingerprint density at radius 1 is 0.970 bits per heavy atom. The first-order valence-electron chi connectivity index (χ1n) is 9.51. The van der Waals surface area contributed by atoms with E-state index >= 15 is 0 Å². The number of carbonyl (C=O) groups excluding carboxylic acids is 2. The van der Waals surface area contributed by atoms with Gasteiger partial charge in [0, 0.05) is 36.5 Å². The lowest BCUT2D eigenvalue weighted by Crippen LogP contribution is -2.35. The molecule has 170 valence electrons. The highest BCUT2D eigenvalue weighted by Crippen LogP contribution is 2.35. The van der Waals surface area contributed by atoms with Crippen molar-refractivity contribution in [3.8, 4) is 0 Å². The highest BCUT2D eigenvalue weighted by Gasteiger charge is 2.27. The van der Waals surface area contributed by atoms with Gasteiger partial charge in [-0.05, 0) is 23.8 Å². The van der Waals surface area contributed by atoms with Crippen molar-refractivity contribution in [1.29, 1.82) is 0 Å². The Labute approximate surface area is 188 Å². The largest absolute Gasteiger partial charge is 0.348 e. The summed E-state index contributed by atoms with van der Waals surface area (Å²) >= 11 is 1.14. The van der Waals surface area contributed by atoms with Crippen molar-refractivity contribution >= 4 is 29.3 Å². The smallest absolute Gasteiger partial charge is 0.253 e. The number of carbonyl (C=O) groups is 2. The number of amides is 2. The molecular formula is C22H14F5N3O2S. The summed E-state index contributed by atoms with van der Waals surface area (Å²) in [6, 6.07) is 5.25. The molecule has 0 fully saturated rings. The maximum Gasteiger partial charge on any atom is 0.253 e. The van der Waals surface area contributed by atoms with Crippen LogP contribution in [0.25, 0.3) is 0 Å². The van der Waals surface area contributed by atoms with Gasteiger partial charge in [-0.1, -0.05) is 11.8 Å². The van der Waals surface area contributed by atoms with Crippen LogP contribution in [0.4, 0.5) is 27.6 Å². The fourth-order valence-corrected chi connectivity index (χ4v) is 4.14. The van der Waals surface area contributed by atoms with Crippen molar-refractivity contribution < 1.29 is 31.5 Å². The number of nitrogens with zero attached hydrogens (tertiary/aromatic N) is 2. The Bertz CT molecular complexity index is 1230. The van der Waals surface area contributed by atoms with E-state index in [9.17, 15) is 31.5 Å². The highest BCUT2D eigenvalue weighted by molar-refractivity contribution is 8.00. The molecule has 1 aliphatic heterocycles. The van der Waals surface area contributed by atoms with Crippen LogP contribution in [-0.2, 0) is 17.9 Å². The number of halogens is 5. The zero-order valence-corrected chi connectivity index (χ0v) is 17.5. The summed E-state index contributed by atoms with van der Waals surface area (Å²) in [6.45, 7) is -0.701. The third-order valence-electron chi connectivity index (χ3n) is 4.81. The van der Waals surface area contributed by atoms with Crippen LogP contribution < -0.4 is 10.2 Å². The SMILES string of the molecule is O=C(NCc1c(F)cc(F)cc1F)c1cnc2c(c1)N(Cc1cc(F)cc(F)c1)C(=O)CS2. The number of pyridine rings is 1. The van der Waals surface area contributed by atoms with Gasteiger partial charge in [-0.15, -0.1) is 0 Å². The number of nitrogens with one attached hydrogen (secondary N) is 1. The van der Waals surface area contributed by atoms with E-state index in [1.807, 2.05) is 0 Å². The molecule has 5 nitrogen and oxygen atoms in total. The number of hydrogen-bond donors (Lipinski definition) is 1. The molecule has 33 heavy (non-hydrogen) atoms. The molecule has 11 heteroatoms. The molecule has 0 bridgehead atoms. The van der Waals surface area contributed by atoms with E-state index < -0.39 is 47.1 Å². The number of benzene rings is 2. The summed E-state index contributed by atoms with van der Waals surface area (Å²) in [5, 5.41) is 2.75. The minimum atomic E-state index is -1.15. The molecule has 3 aromatic rings. The van der Waals surface area contributed by atoms with Gasteiger partial charge in [-0.25, -0.2) is 26.9 Å². The second-order valence-electron chi connectivity index (χ2n) is 7.13. The van der Waals surface area contributed by atoms with E-state index in [-0.39, 0.29) is 35.0 Å². The summed E-state index contributed by atoms with van der Waals surface area (Å²) in [7, 11) is 0. The number of thioether (sulfide) groups is 1. The normalized spacial score (nSPS) is 13.1. The van der Waals surface area contributed by atoms with Crippen molar-refractivity contribution in [2.75, 3.05) is 10.7 Å². The van der Waals surface area contributed by atoms with Gasteiger partial charge in [-0.2, -0.15) is 0 Å². The second kappa shape index (κ2) is 9.18. The number of hydrogen-bond acceptors (Lipinski definition) is 4. The molecule has 0 spiro atoms. The average molecular weight is 479 g/mol. The summed E-state index contributed by atoms with van der Waals surface area (Å²) < 4.78 is 67.8. The summed E-state index contributed by atoms with van der Waals surface area (Å²) in [6.07, 6.45) is 1.23. The lowest BCUT2D eigenvalue weighted by Gasteiger charge is -2.28. The van der Waals surface area contributed by atoms with Crippen molar-refractivity contribution in [2.24, 2.45) is 0 Å². The molecule has 0 radical (unpaired) electrons. The van der Waals surface area contributed by atoms with Gasteiger partial charge >= 0.3 is 0 Å². The Balaban J connectivity index is 1.57. The van der Waals surface area contributed by atoms with Gasteiger partial charge in [0.05, 0.1) is 23.5 Å². The summed E-state index contributed by atoms with van der Waals surface area (Å²) in [5.41, 5.74) is -0.0675. The number of aromatic nitrogens is 1. The van der Waals surface area contributed by atoms with Gasteiger partial charge in [-0.3, -0.25) is 9.59 Å². The standard InChI is InChI=1S/C22H14F5N3O2S/c23-13-1-11(2-14(24)4-13)9-30-19-3-12(7-29-22(19)33-10-20(30)31)21(32)28-8-16-17(26)5-15(25)6-18(16)27/h1-7H,8-10H2,(H,28,32). The average Bonchev–Trinajstić information content (AvgIpc) is 2.74. The minimum Gasteiger partial charge on any atom is -0.348 e. The van der Waals surface area contributed by atoms with Crippen LogP contribution in [0, 0.1) is 29.1 Å². The first kappa shape index (κ1) is 22.7. The van der Waals surface area contributed by atoms with Gasteiger partial charge in [0.1, 0.15) is 34.1 Å². The molecular weight excluding hydrogens is 465 g/mol. The Kier molecular flexibility index (Phi) is 6.32. The molecule has 0 unspecified atom stereocenters. The molecule has 0 saturated heterocycles. The Morgan fingerprint density at radius 3 is 2.27 bits per heavy atom. The van der Waals surface area contributed by atoms with Crippen molar-refractivity contribution in [2.45, 2.75) is 18.1 Å². The van der Waals surface area contributed by atoms with E-state index in [1.54, 1.807) is 0 Å². The molecule has 1 aromatic heterocycles. The lowest BCUT2D eigenvalue weighted by atomic mass is 10.1. The van der Waals surface area contributed by atoms with Crippen molar-refractivity contribution in [1.82, 2.24) is 10.3 Å².